The number of benzene rings is 3. The van der Waals surface area contributed by atoms with Crippen molar-refractivity contribution in [2.24, 2.45) is 11.8 Å². The zero-order valence-electron chi connectivity index (χ0n) is 21.8. The predicted molar refractivity (Wildman–Crippen MR) is 148 cm³/mol. The quantitative estimate of drug-likeness (QED) is 0.175. The number of rotatable bonds is 14. The summed E-state index contributed by atoms with van der Waals surface area (Å²) < 4.78 is 25.7. The van der Waals surface area contributed by atoms with E-state index in [1.807, 2.05) is 18.2 Å². The first-order chi connectivity index (χ1) is 18.6. The van der Waals surface area contributed by atoms with E-state index in [2.05, 4.69) is 48.6 Å². The van der Waals surface area contributed by atoms with Gasteiger partial charge in [-0.2, -0.15) is 0 Å². The summed E-state index contributed by atoms with van der Waals surface area (Å²) >= 11 is 0. The lowest BCUT2D eigenvalue weighted by molar-refractivity contribution is -0.137. The molecule has 0 heterocycles. The maximum atomic E-state index is 13.2. The van der Waals surface area contributed by atoms with E-state index in [1.54, 1.807) is 12.1 Å². The Bertz CT molecular complexity index is 1140. The smallest absolute Gasteiger partial charge is 0.303 e. The minimum atomic E-state index is -0.752. The van der Waals surface area contributed by atoms with Gasteiger partial charge < -0.3 is 14.6 Å². The Balaban J connectivity index is 1.32. The Labute approximate surface area is 225 Å². The lowest BCUT2D eigenvalue weighted by Crippen LogP contribution is -2.24. The Morgan fingerprint density at radius 1 is 0.868 bits per heavy atom. The Kier molecular flexibility index (Phi) is 10.7. The van der Waals surface area contributed by atoms with Crippen LogP contribution in [0.2, 0.25) is 0 Å². The summed E-state index contributed by atoms with van der Waals surface area (Å²) in [7, 11) is 0. The van der Waals surface area contributed by atoms with Crippen LogP contribution in [0, 0.1) is 17.7 Å². The molecule has 0 saturated heterocycles. The SMILES string of the molecule is O=C(O)CCCC=CC[C@@H]1[C@@H](COCc2ccc(F)cc2)CC[C@@H]1OCc1ccc(-c2ccccc2)cc1. The molecule has 0 unspecified atom stereocenters. The molecule has 0 aromatic heterocycles. The molecule has 1 saturated carbocycles. The molecule has 3 atom stereocenters. The minimum Gasteiger partial charge on any atom is -0.481 e. The van der Waals surface area contributed by atoms with Gasteiger partial charge in [0.1, 0.15) is 5.82 Å². The zero-order chi connectivity index (χ0) is 26.6. The number of hydrogen-bond acceptors (Lipinski definition) is 3. The number of unbranched alkanes of at least 4 members (excludes halogenated alkanes) is 1. The maximum Gasteiger partial charge on any atom is 0.303 e. The molecule has 0 spiro atoms. The summed E-state index contributed by atoms with van der Waals surface area (Å²) in [4.78, 5) is 10.8. The molecule has 38 heavy (non-hydrogen) atoms. The van der Waals surface area contributed by atoms with Gasteiger partial charge in [0.15, 0.2) is 0 Å². The maximum absolute atomic E-state index is 13.2. The highest BCUT2D eigenvalue weighted by Gasteiger charge is 2.36. The van der Waals surface area contributed by atoms with Gasteiger partial charge in [-0.05, 0) is 78.3 Å². The van der Waals surface area contributed by atoms with Crippen LogP contribution in [0.1, 0.15) is 49.7 Å². The highest BCUT2D eigenvalue weighted by Crippen LogP contribution is 2.38. The molecule has 1 fully saturated rings. The van der Waals surface area contributed by atoms with Crippen molar-refractivity contribution in [1.29, 1.82) is 0 Å². The first kappa shape index (κ1) is 27.7. The fraction of sp³-hybridized carbons (Fsp3) is 0.364. The van der Waals surface area contributed by atoms with Crippen LogP contribution < -0.4 is 0 Å². The van der Waals surface area contributed by atoms with E-state index in [1.165, 1.54) is 23.3 Å². The van der Waals surface area contributed by atoms with Crippen molar-refractivity contribution >= 4 is 5.97 Å². The molecule has 1 aliphatic rings. The highest BCUT2D eigenvalue weighted by molar-refractivity contribution is 5.66. The summed E-state index contributed by atoms with van der Waals surface area (Å²) in [5, 5.41) is 8.84. The van der Waals surface area contributed by atoms with Crippen molar-refractivity contribution in [1.82, 2.24) is 0 Å². The number of hydrogen-bond donors (Lipinski definition) is 1. The fourth-order valence-electron chi connectivity index (χ4n) is 5.15. The van der Waals surface area contributed by atoms with E-state index >= 15 is 0 Å². The number of halogens is 1. The van der Waals surface area contributed by atoms with Crippen molar-refractivity contribution in [3.63, 3.8) is 0 Å². The molecule has 1 N–H and O–H groups in total. The molecule has 0 bridgehead atoms. The van der Waals surface area contributed by atoms with Crippen molar-refractivity contribution < 1.29 is 23.8 Å². The van der Waals surface area contributed by atoms with Gasteiger partial charge in [0.05, 0.1) is 25.9 Å². The summed E-state index contributed by atoms with van der Waals surface area (Å²) in [5.41, 5.74) is 4.52. The van der Waals surface area contributed by atoms with Gasteiger partial charge in [0.25, 0.3) is 0 Å². The molecule has 0 radical (unpaired) electrons. The fourth-order valence-corrected chi connectivity index (χ4v) is 5.15. The van der Waals surface area contributed by atoms with Gasteiger partial charge in [0.2, 0.25) is 0 Å². The first-order valence-corrected chi connectivity index (χ1v) is 13.5. The van der Waals surface area contributed by atoms with Crippen molar-refractivity contribution in [2.75, 3.05) is 6.61 Å². The van der Waals surface area contributed by atoms with Gasteiger partial charge in [-0.3, -0.25) is 4.79 Å². The number of allylic oxidation sites excluding steroid dienone is 2. The molecule has 5 heteroatoms. The van der Waals surface area contributed by atoms with Crippen LogP contribution in [0.15, 0.2) is 91.0 Å². The van der Waals surface area contributed by atoms with Gasteiger partial charge in [-0.15, -0.1) is 0 Å². The van der Waals surface area contributed by atoms with Crippen LogP contribution in [0.3, 0.4) is 0 Å². The Morgan fingerprint density at radius 2 is 1.55 bits per heavy atom. The van der Waals surface area contributed by atoms with Gasteiger partial charge in [0, 0.05) is 6.42 Å². The second-order valence-corrected chi connectivity index (χ2v) is 10.0. The molecule has 4 rings (SSSR count). The molecule has 0 aliphatic heterocycles. The Hall–Kier alpha value is -3.28. The second kappa shape index (κ2) is 14.6. The third-order valence-electron chi connectivity index (χ3n) is 7.28. The van der Waals surface area contributed by atoms with Crippen LogP contribution in [0.5, 0.6) is 0 Å². The number of aliphatic carboxylic acids is 1. The second-order valence-electron chi connectivity index (χ2n) is 10.0. The highest BCUT2D eigenvalue weighted by atomic mass is 19.1. The van der Waals surface area contributed by atoms with Crippen LogP contribution in [0.25, 0.3) is 11.1 Å². The number of ether oxygens (including phenoxy) is 2. The monoisotopic (exact) mass is 516 g/mol. The summed E-state index contributed by atoms with van der Waals surface area (Å²) in [6, 6.07) is 25.4. The number of carboxylic acid groups (broad SMARTS) is 1. The van der Waals surface area contributed by atoms with Crippen LogP contribution in [-0.2, 0) is 27.5 Å². The zero-order valence-corrected chi connectivity index (χ0v) is 21.8. The number of carboxylic acids is 1. The van der Waals surface area contributed by atoms with Gasteiger partial charge in [-0.25, -0.2) is 4.39 Å². The topological polar surface area (TPSA) is 55.8 Å². The first-order valence-electron chi connectivity index (χ1n) is 13.5. The summed E-state index contributed by atoms with van der Waals surface area (Å²) in [6.07, 6.45) is 8.95. The molecule has 200 valence electrons. The standard InChI is InChI=1S/C33H37FO4/c34-30-19-14-25(15-20-30)22-37-24-29-18-21-32(31(29)10-6-1-2-7-11-33(35)36)38-23-26-12-16-28(17-13-26)27-8-4-3-5-9-27/h1,3-6,8-9,12-17,19-20,29,31-32H,2,7,10-11,18,21-24H2,(H,35,36)/t29-,31-,32+/m1/s1. The van der Waals surface area contributed by atoms with E-state index in [-0.39, 0.29) is 18.3 Å². The number of carbonyl (C=O) groups is 1. The third-order valence-corrected chi connectivity index (χ3v) is 7.28. The van der Waals surface area contributed by atoms with E-state index in [9.17, 15) is 9.18 Å². The van der Waals surface area contributed by atoms with E-state index in [0.29, 0.717) is 38.1 Å². The lowest BCUT2D eigenvalue weighted by atomic mass is 9.91. The third kappa shape index (κ3) is 8.64. The summed E-state index contributed by atoms with van der Waals surface area (Å²) in [6.45, 7) is 1.68. The van der Waals surface area contributed by atoms with Gasteiger partial charge in [-0.1, -0.05) is 78.9 Å². The minimum absolute atomic E-state index is 0.145. The lowest BCUT2D eigenvalue weighted by Gasteiger charge is -2.24. The summed E-state index contributed by atoms with van der Waals surface area (Å²) in [5.74, 6) is -0.278. The largest absolute Gasteiger partial charge is 0.481 e. The van der Waals surface area contributed by atoms with Crippen LogP contribution >= 0.6 is 0 Å². The molecular formula is C33H37FO4. The van der Waals surface area contributed by atoms with E-state index in [4.69, 9.17) is 14.6 Å². The predicted octanol–water partition coefficient (Wildman–Crippen LogP) is 7.82. The van der Waals surface area contributed by atoms with Crippen molar-refractivity contribution in [3.8, 4) is 11.1 Å². The van der Waals surface area contributed by atoms with E-state index in [0.717, 1.165) is 36.8 Å². The normalized spacial score (nSPS) is 19.2. The molecule has 3 aromatic rings. The Morgan fingerprint density at radius 3 is 2.29 bits per heavy atom. The molecule has 1 aliphatic carbocycles. The molecule has 0 amide bonds. The van der Waals surface area contributed by atoms with Crippen LogP contribution in [0.4, 0.5) is 4.39 Å². The average molecular weight is 517 g/mol. The molecule has 3 aromatic carbocycles. The van der Waals surface area contributed by atoms with Gasteiger partial charge >= 0.3 is 5.97 Å². The molecular weight excluding hydrogens is 479 g/mol. The van der Waals surface area contributed by atoms with Crippen molar-refractivity contribution in [3.05, 3.63) is 108 Å². The average Bonchev–Trinajstić information content (AvgIpc) is 3.32. The van der Waals surface area contributed by atoms with E-state index < -0.39 is 5.97 Å². The van der Waals surface area contributed by atoms with Crippen molar-refractivity contribution in [2.45, 2.75) is 57.8 Å². The molecule has 4 nitrogen and oxygen atoms in total. The van der Waals surface area contributed by atoms with Crippen LogP contribution in [-0.4, -0.2) is 23.8 Å².